The van der Waals surface area contributed by atoms with Crippen LogP contribution in [0.15, 0.2) is 72.8 Å². The molecule has 1 aromatic heterocycles. The van der Waals surface area contributed by atoms with Crippen molar-refractivity contribution in [3.63, 3.8) is 0 Å². The lowest BCUT2D eigenvalue weighted by atomic mass is 10.0. The number of carbonyl (C=O) groups is 1. The third-order valence-electron chi connectivity index (χ3n) is 5.73. The first-order valence-corrected chi connectivity index (χ1v) is 10.8. The summed E-state index contributed by atoms with van der Waals surface area (Å²) in [5.41, 5.74) is 4.72. The summed E-state index contributed by atoms with van der Waals surface area (Å²) in [6.07, 6.45) is -1.39. The Bertz CT molecular complexity index is 1270. The molecule has 0 spiro atoms. The smallest absolute Gasteiger partial charge is 0.323 e. The topological polar surface area (TPSA) is 120 Å². The highest BCUT2D eigenvalue weighted by atomic mass is 16.5. The first kappa shape index (κ1) is 21.1. The summed E-state index contributed by atoms with van der Waals surface area (Å²) < 4.78 is 5.67. The van der Waals surface area contributed by atoms with Crippen molar-refractivity contribution in [3.05, 3.63) is 78.6 Å². The zero-order valence-corrected chi connectivity index (χ0v) is 17.7. The van der Waals surface area contributed by atoms with Crippen molar-refractivity contribution < 1.29 is 19.7 Å². The quantitative estimate of drug-likeness (QED) is 0.318. The fourth-order valence-electron chi connectivity index (χ4n) is 4.07. The van der Waals surface area contributed by atoms with E-state index in [1.807, 2.05) is 54.6 Å². The number of aromatic amines is 1. The number of nitrogens with one attached hydrogen (secondary N) is 3. The van der Waals surface area contributed by atoms with Gasteiger partial charge in [0.25, 0.3) is 0 Å². The Hall–Kier alpha value is -3.72. The molecule has 8 heteroatoms. The van der Waals surface area contributed by atoms with E-state index in [1.54, 1.807) is 18.2 Å². The number of aliphatic hydroxyl groups is 2. The molecule has 168 valence electrons. The first-order chi connectivity index (χ1) is 16.1. The molecule has 0 unspecified atom stereocenters. The SMILES string of the molecule is O=C(Nc1ccc2nc([C@H]3C[C@H](O)[C@@H](CO)O3)[nH]c2c1)Nc1ccccc1-c1ccccc1. The predicted octanol–water partition coefficient (Wildman–Crippen LogP) is 4.06. The van der Waals surface area contributed by atoms with Crippen molar-refractivity contribution in [1.82, 2.24) is 9.97 Å². The highest BCUT2D eigenvalue weighted by Gasteiger charge is 2.35. The van der Waals surface area contributed by atoms with Crippen molar-refractivity contribution >= 4 is 28.4 Å². The summed E-state index contributed by atoms with van der Waals surface area (Å²) in [5, 5.41) is 25.0. The largest absolute Gasteiger partial charge is 0.394 e. The van der Waals surface area contributed by atoms with Crippen LogP contribution >= 0.6 is 0 Å². The number of fused-ring (bicyclic) bond motifs is 1. The molecule has 3 aromatic carbocycles. The monoisotopic (exact) mass is 444 g/mol. The van der Waals surface area contributed by atoms with E-state index in [0.29, 0.717) is 23.6 Å². The second kappa shape index (κ2) is 9.03. The number of hydrogen-bond donors (Lipinski definition) is 5. The van der Waals surface area contributed by atoms with Crippen molar-refractivity contribution in [2.24, 2.45) is 0 Å². The fourth-order valence-corrected chi connectivity index (χ4v) is 4.07. The third-order valence-corrected chi connectivity index (χ3v) is 5.73. The average molecular weight is 444 g/mol. The van der Waals surface area contributed by atoms with Gasteiger partial charge in [0.15, 0.2) is 0 Å². The van der Waals surface area contributed by atoms with Gasteiger partial charge in [-0.25, -0.2) is 9.78 Å². The van der Waals surface area contributed by atoms with Gasteiger partial charge < -0.3 is 30.6 Å². The Morgan fingerprint density at radius 2 is 1.85 bits per heavy atom. The second-order valence-corrected chi connectivity index (χ2v) is 7.99. The van der Waals surface area contributed by atoms with Gasteiger partial charge in [0.2, 0.25) is 0 Å². The van der Waals surface area contributed by atoms with Crippen LogP contribution in [-0.4, -0.2) is 45.0 Å². The average Bonchev–Trinajstić information content (AvgIpc) is 3.42. The van der Waals surface area contributed by atoms with E-state index in [9.17, 15) is 15.0 Å². The minimum atomic E-state index is -0.729. The van der Waals surface area contributed by atoms with Crippen LogP contribution in [0.2, 0.25) is 0 Å². The van der Waals surface area contributed by atoms with Crippen LogP contribution in [0.25, 0.3) is 22.2 Å². The standard InChI is InChI=1S/C25H24N4O4/c30-14-23-21(31)13-22(33-23)24-27-19-11-10-16(12-20(19)28-24)26-25(32)29-18-9-5-4-8-17(18)15-6-2-1-3-7-15/h1-12,21-23,30-31H,13-14H2,(H,27,28)(H2,26,29,32)/t21-,22+,23+/m0/s1. The molecule has 1 aliphatic rings. The molecule has 4 aromatic rings. The fraction of sp³-hybridized carbons (Fsp3) is 0.200. The van der Waals surface area contributed by atoms with Crippen molar-refractivity contribution in [3.8, 4) is 11.1 Å². The van der Waals surface area contributed by atoms with E-state index in [2.05, 4.69) is 20.6 Å². The van der Waals surface area contributed by atoms with Gasteiger partial charge in [-0.2, -0.15) is 0 Å². The number of para-hydroxylation sites is 1. The zero-order chi connectivity index (χ0) is 22.8. The lowest BCUT2D eigenvalue weighted by molar-refractivity contribution is -0.0244. The molecule has 5 rings (SSSR count). The Labute approximate surface area is 190 Å². The molecule has 0 saturated carbocycles. The van der Waals surface area contributed by atoms with Gasteiger partial charge in [0.05, 0.1) is 29.4 Å². The van der Waals surface area contributed by atoms with E-state index in [0.717, 1.165) is 22.2 Å². The summed E-state index contributed by atoms with van der Waals surface area (Å²) in [4.78, 5) is 20.4. The molecule has 2 heterocycles. The maximum atomic E-state index is 12.7. The van der Waals surface area contributed by atoms with Crippen LogP contribution in [-0.2, 0) is 4.74 Å². The Kier molecular flexibility index (Phi) is 5.78. The van der Waals surface area contributed by atoms with Crippen LogP contribution in [0.1, 0.15) is 18.3 Å². The number of aliphatic hydroxyl groups excluding tert-OH is 2. The van der Waals surface area contributed by atoms with Gasteiger partial charge in [-0.15, -0.1) is 0 Å². The van der Waals surface area contributed by atoms with E-state index in [-0.39, 0.29) is 12.6 Å². The molecule has 8 nitrogen and oxygen atoms in total. The van der Waals surface area contributed by atoms with E-state index < -0.39 is 18.3 Å². The number of hydrogen-bond acceptors (Lipinski definition) is 5. The summed E-state index contributed by atoms with van der Waals surface area (Å²) in [6, 6.07) is 22.5. The van der Waals surface area contributed by atoms with Gasteiger partial charge in [0, 0.05) is 17.7 Å². The Balaban J connectivity index is 1.31. The number of ether oxygens (including phenoxy) is 1. The van der Waals surface area contributed by atoms with Crippen LogP contribution in [0.3, 0.4) is 0 Å². The summed E-state index contributed by atoms with van der Waals surface area (Å²) >= 11 is 0. The number of urea groups is 1. The summed E-state index contributed by atoms with van der Waals surface area (Å²) in [6.45, 7) is -0.242. The molecule has 0 aliphatic carbocycles. The zero-order valence-electron chi connectivity index (χ0n) is 17.7. The minimum absolute atomic E-state index is 0.242. The molecule has 1 aliphatic heterocycles. The van der Waals surface area contributed by atoms with E-state index in [4.69, 9.17) is 4.74 Å². The molecule has 1 fully saturated rings. The number of nitrogens with zero attached hydrogens (tertiary/aromatic N) is 1. The maximum absolute atomic E-state index is 12.7. The molecule has 33 heavy (non-hydrogen) atoms. The second-order valence-electron chi connectivity index (χ2n) is 7.99. The molecule has 0 bridgehead atoms. The van der Waals surface area contributed by atoms with Crippen LogP contribution in [0, 0.1) is 0 Å². The number of aromatic nitrogens is 2. The van der Waals surface area contributed by atoms with Gasteiger partial charge in [-0.1, -0.05) is 48.5 Å². The number of carbonyl (C=O) groups excluding carboxylic acids is 1. The molecule has 5 N–H and O–H groups in total. The molecule has 1 saturated heterocycles. The molecular weight excluding hydrogens is 420 g/mol. The van der Waals surface area contributed by atoms with Gasteiger partial charge in [0.1, 0.15) is 18.0 Å². The van der Waals surface area contributed by atoms with Gasteiger partial charge >= 0.3 is 6.03 Å². The number of anilines is 2. The van der Waals surface area contributed by atoms with Crippen molar-refractivity contribution in [1.29, 1.82) is 0 Å². The Morgan fingerprint density at radius 1 is 1.06 bits per heavy atom. The molecule has 3 atom stereocenters. The van der Waals surface area contributed by atoms with Gasteiger partial charge in [-0.05, 0) is 29.8 Å². The number of imidazole rings is 1. The number of rotatable bonds is 5. The van der Waals surface area contributed by atoms with E-state index in [1.165, 1.54) is 0 Å². The third kappa shape index (κ3) is 4.45. The van der Waals surface area contributed by atoms with Crippen LogP contribution < -0.4 is 10.6 Å². The lowest BCUT2D eigenvalue weighted by Crippen LogP contribution is -2.24. The lowest BCUT2D eigenvalue weighted by Gasteiger charge is -2.12. The van der Waals surface area contributed by atoms with E-state index >= 15 is 0 Å². The predicted molar refractivity (Wildman–Crippen MR) is 126 cm³/mol. The van der Waals surface area contributed by atoms with Crippen LogP contribution in [0.4, 0.5) is 16.2 Å². The minimum Gasteiger partial charge on any atom is -0.394 e. The number of benzene rings is 3. The number of amides is 2. The maximum Gasteiger partial charge on any atom is 0.323 e. The van der Waals surface area contributed by atoms with Gasteiger partial charge in [-0.3, -0.25) is 0 Å². The highest BCUT2D eigenvalue weighted by Crippen LogP contribution is 2.33. The summed E-state index contributed by atoms with van der Waals surface area (Å²) in [5.74, 6) is 0.582. The number of H-pyrrole nitrogens is 1. The van der Waals surface area contributed by atoms with Crippen molar-refractivity contribution in [2.75, 3.05) is 17.2 Å². The molecular formula is C25H24N4O4. The summed E-state index contributed by atoms with van der Waals surface area (Å²) in [7, 11) is 0. The first-order valence-electron chi connectivity index (χ1n) is 10.8. The highest BCUT2D eigenvalue weighted by molar-refractivity contribution is 6.03. The van der Waals surface area contributed by atoms with Crippen LogP contribution in [0.5, 0.6) is 0 Å². The molecule has 0 radical (unpaired) electrons. The normalized spacial score (nSPS) is 20.1. The molecule has 2 amide bonds. The Morgan fingerprint density at radius 3 is 2.64 bits per heavy atom. The van der Waals surface area contributed by atoms with Crippen molar-refractivity contribution in [2.45, 2.75) is 24.7 Å².